The number of hydrogen-bond donors (Lipinski definition) is 2. The van der Waals surface area contributed by atoms with Crippen LogP contribution in [0.2, 0.25) is 0 Å². The average molecular weight is 368 g/mol. The van der Waals surface area contributed by atoms with Crippen molar-refractivity contribution >= 4 is 34.0 Å². The summed E-state index contributed by atoms with van der Waals surface area (Å²) in [4.78, 5) is 21.1. The molecule has 0 radical (unpaired) electrons. The normalized spacial score (nSPS) is 17.9. The lowest BCUT2D eigenvalue weighted by atomic mass is 10.1. The van der Waals surface area contributed by atoms with E-state index in [2.05, 4.69) is 36.1 Å². The van der Waals surface area contributed by atoms with Crippen molar-refractivity contribution in [2.45, 2.75) is 58.2 Å². The smallest absolute Gasteiger partial charge is 0.223 e. The Morgan fingerprint density at radius 1 is 1.54 bits per heavy atom. The molecule has 2 N–H and O–H groups in total. The van der Waals surface area contributed by atoms with Gasteiger partial charge in [-0.15, -0.1) is 23.1 Å². The van der Waals surface area contributed by atoms with Crippen LogP contribution in [0.5, 0.6) is 0 Å². The molecule has 132 valence electrons. The van der Waals surface area contributed by atoms with Gasteiger partial charge in [-0.3, -0.25) is 9.79 Å². The SMILES string of the molecule is CCC/C=C/[C@@H](O)CC(=O)NCc1nc(C2=NC(C)(C)CS2)cs1. The van der Waals surface area contributed by atoms with Crippen LogP contribution in [-0.2, 0) is 11.3 Å². The molecule has 1 atom stereocenters. The van der Waals surface area contributed by atoms with Gasteiger partial charge in [0.25, 0.3) is 0 Å². The van der Waals surface area contributed by atoms with Crippen LogP contribution in [0.25, 0.3) is 0 Å². The van der Waals surface area contributed by atoms with E-state index in [4.69, 9.17) is 0 Å². The van der Waals surface area contributed by atoms with Gasteiger partial charge < -0.3 is 10.4 Å². The molecular weight excluding hydrogens is 342 g/mol. The number of thioether (sulfide) groups is 1. The first kappa shape index (κ1) is 19.1. The molecule has 1 aromatic rings. The highest BCUT2D eigenvalue weighted by atomic mass is 32.2. The molecule has 1 aliphatic rings. The highest BCUT2D eigenvalue weighted by Gasteiger charge is 2.27. The number of allylic oxidation sites excluding steroid dienone is 1. The minimum Gasteiger partial charge on any atom is -0.389 e. The Balaban J connectivity index is 1.80. The second-order valence-corrected chi connectivity index (χ2v) is 8.32. The van der Waals surface area contributed by atoms with Gasteiger partial charge in [0.2, 0.25) is 5.91 Å². The maximum absolute atomic E-state index is 11.9. The second-order valence-electron chi connectivity index (χ2n) is 6.41. The number of nitrogens with one attached hydrogen (secondary N) is 1. The van der Waals surface area contributed by atoms with Gasteiger partial charge in [0.15, 0.2) is 0 Å². The van der Waals surface area contributed by atoms with E-state index in [9.17, 15) is 9.90 Å². The third kappa shape index (κ3) is 6.03. The fraction of sp³-hybridized carbons (Fsp3) is 0.588. The number of rotatable bonds is 8. The van der Waals surface area contributed by atoms with Gasteiger partial charge >= 0.3 is 0 Å². The van der Waals surface area contributed by atoms with Gasteiger partial charge in [0.1, 0.15) is 15.7 Å². The van der Waals surface area contributed by atoms with Crippen molar-refractivity contribution in [3.63, 3.8) is 0 Å². The maximum Gasteiger partial charge on any atom is 0.223 e. The van der Waals surface area contributed by atoms with E-state index in [-0.39, 0.29) is 17.9 Å². The minimum atomic E-state index is -0.727. The molecule has 5 nitrogen and oxygen atoms in total. The molecule has 0 saturated carbocycles. The van der Waals surface area contributed by atoms with Crippen molar-refractivity contribution in [1.29, 1.82) is 0 Å². The Hall–Kier alpha value is -1.18. The summed E-state index contributed by atoms with van der Waals surface area (Å²) in [7, 11) is 0. The Kier molecular flexibility index (Phi) is 7.01. The molecule has 24 heavy (non-hydrogen) atoms. The predicted octanol–water partition coefficient (Wildman–Crippen LogP) is 3.14. The summed E-state index contributed by atoms with van der Waals surface area (Å²) in [5, 5.41) is 16.4. The molecule has 1 amide bonds. The number of aliphatic hydroxyl groups is 1. The van der Waals surface area contributed by atoms with Gasteiger partial charge in [-0.25, -0.2) is 4.98 Å². The van der Waals surface area contributed by atoms with Crippen molar-refractivity contribution in [2.24, 2.45) is 4.99 Å². The zero-order chi connectivity index (χ0) is 17.6. The fourth-order valence-electron chi connectivity index (χ4n) is 2.13. The summed E-state index contributed by atoms with van der Waals surface area (Å²) in [6, 6.07) is 0. The standard InChI is InChI=1S/C17H25N3O2S2/c1-4-5-6-7-12(21)8-14(22)18-9-15-19-13(10-23-15)16-20-17(2,3)11-24-16/h6-7,10,12,21H,4-5,8-9,11H2,1-3H3,(H,18,22)/b7-6+/t12-/m1/s1. The van der Waals surface area contributed by atoms with Gasteiger partial charge in [0, 0.05) is 11.1 Å². The number of aromatic nitrogens is 1. The Bertz CT molecular complexity index is 623. The summed E-state index contributed by atoms with van der Waals surface area (Å²) in [5.74, 6) is 0.796. The molecule has 0 unspecified atom stereocenters. The number of amides is 1. The van der Waals surface area contributed by atoms with E-state index < -0.39 is 6.10 Å². The Labute approximate surface area is 151 Å². The quantitative estimate of drug-likeness (QED) is 0.692. The largest absolute Gasteiger partial charge is 0.389 e. The summed E-state index contributed by atoms with van der Waals surface area (Å²) >= 11 is 3.24. The molecule has 7 heteroatoms. The highest BCUT2D eigenvalue weighted by molar-refractivity contribution is 8.14. The minimum absolute atomic E-state index is 0.0283. The van der Waals surface area contributed by atoms with Crippen molar-refractivity contribution in [1.82, 2.24) is 10.3 Å². The summed E-state index contributed by atoms with van der Waals surface area (Å²) < 4.78 is 0. The van der Waals surface area contributed by atoms with Gasteiger partial charge in [-0.05, 0) is 20.3 Å². The zero-order valence-electron chi connectivity index (χ0n) is 14.4. The molecule has 0 saturated heterocycles. The number of carbonyl (C=O) groups is 1. The topological polar surface area (TPSA) is 74.6 Å². The van der Waals surface area contributed by atoms with Gasteiger partial charge in [-0.2, -0.15) is 0 Å². The number of aliphatic imine (C=N–C) groups is 1. The summed E-state index contributed by atoms with van der Waals surface area (Å²) in [5.41, 5.74) is 0.863. The fourth-order valence-corrected chi connectivity index (χ4v) is 4.04. The maximum atomic E-state index is 11.9. The van der Waals surface area contributed by atoms with E-state index in [1.807, 2.05) is 11.5 Å². The van der Waals surface area contributed by atoms with E-state index in [0.717, 1.165) is 34.3 Å². The van der Waals surface area contributed by atoms with E-state index in [1.165, 1.54) is 11.3 Å². The number of thiazole rings is 1. The number of carbonyl (C=O) groups excluding carboxylic acids is 1. The first-order chi connectivity index (χ1) is 11.4. The Morgan fingerprint density at radius 2 is 2.33 bits per heavy atom. The van der Waals surface area contributed by atoms with Crippen molar-refractivity contribution < 1.29 is 9.90 Å². The molecule has 0 fully saturated rings. The zero-order valence-corrected chi connectivity index (χ0v) is 16.0. The summed E-state index contributed by atoms with van der Waals surface area (Å²) in [6.07, 6.45) is 4.89. The molecule has 0 aliphatic carbocycles. The van der Waals surface area contributed by atoms with Crippen LogP contribution in [0.3, 0.4) is 0 Å². The number of nitrogens with zero attached hydrogens (tertiary/aromatic N) is 2. The van der Waals surface area contributed by atoms with Gasteiger partial charge in [-0.1, -0.05) is 25.5 Å². The highest BCUT2D eigenvalue weighted by Crippen LogP contribution is 2.30. The predicted molar refractivity (Wildman–Crippen MR) is 102 cm³/mol. The van der Waals surface area contributed by atoms with Crippen LogP contribution in [0.15, 0.2) is 22.5 Å². The molecule has 0 bridgehead atoms. The molecule has 2 rings (SSSR count). The monoisotopic (exact) mass is 367 g/mol. The first-order valence-corrected chi connectivity index (χ1v) is 10.0. The van der Waals surface area contributed by atoms with Crippen LogP contribution in [0, 0.1) is 0 Å². The Morgan fingerprint density at radius 3 is 3.00 bits per heavy atom. The molecule has 0 spiro atoms. The lowest BCUT2D eigenvalue weighted by molar-refractivity contribution is -0.122. The average Bonchev–Trinajstić information content (AvgIpc) is 3.11. The van der Waals surface area contributed by atoms with E-state index in [1.54, 1.807) is 17.8 Å². The molecular formula is C17H25N3O2S2. The first-order valence-electron chi connectivity index (χ1n) is 8.18. The lowest BCUT2D eigenvalue weighted by Crippen LogP contribution is -2.26. The van der Waals surface area contributed by atoms with Crippen LogP contribution < -0.4 is 5.32 Å². The molecule has 0 aromatic carbocycles. The number of aliphatic hydroxyl groups excluding tert-OH is 1. The van der Waals surface area contributed by atoms with E-state index >= 15 is 0 Å². The lowest BCUT2D eigenvalue weighted by Gasteiger charge is -2.09. The van der Waals surface area contributed by atoms with Crippen molar-refractivity contribution in [3.8, 4) is 0 Å². The van der Waals surface area contributed by atoms with Crippen molar-refractivity contribution in [3.05, 3.63) is 28.2 Å². The van der Waals surface area contributed by atoms with Crippen molar-refractivity contribution in [2.75, 3.05) is 5.75 Å². The molecule has 1 aliphatic heterocycles. The van der Waals surface area contributed by atoms with Crippen LogP contribution in [0.4, 0.5) is 0 Å². The van der Waals surface area contributed by atoms with Crippen LogP contribution in [-0.4, -0.2) is 38.4 Å². The van der Waals surface area contributed by atoms with Crippen LogP contribution in [0.1, 0.15) is 50.7 Å². The van der Waals surface area contributed by atoms with Crippen LogP contribution >= 0.6 is 23.1 Å². The third-order valence-electron chi connectivity index (χ3n) is 3.38. The van der Waals surface area contributed by atoms with E-state index in [0.29, 0.717) is 6.54 Å². The molecule has 2 heterocycles. The number of hydrogen-bond acceptors (Lipinski definition) is 6. The molecule has 1 aromatic heterocycles. The second kappa shape index (κ2) is 8.78. The third-order valence-corrected chi connectivity index (χ3v) is 5.66. The van der Waals surface area contributed by atoms with Gasteiger partial charge in [0.05, 0.1) is 24.6 Å². The number of unbranched alkanes of at least 4 members (excludes halogenated alkanes) is 1. The summed E-state index contributed by atoms with van der Waals surface area (Å²) in [6.45, 7) is 6.68.